The Bertz CT molecular complexity index is 2290. The molecule has 1 N–H and O–H groups in total. The van der Waals surface area contributed by atoms with Gasteiger partial charge in [0.2, 0.25) is 0 Å². The van der Waals surface area contributed by atoms with Crippen LogP contribution < -0.4 is 5.32 Å². The van der Waals surface area contributed by atoms with Crippen molar-refractivity contribution in [3.05, 3.63) is 136 Å². The van der Waals surface area contributed by atoms with Gasteiger partial charge in [-0.3, -0.25) is 19.0 Å². The van der Waals surface area contributed by atoms with Crippen LogP contribution in [0.15, 0.2) is 102 Å². The van der Waals surface area contributed by atoms with Crippen LogP contribution in [0.4, 0.5) is 31.1 Å². The Balaban J connectivity index is 0.000000178. The number of alkyl halides is 6. The number of rotatable bonds is 6. The van der Waals surface area contributed by atoms with Gasteiger partial charge in [0.05, 0.1) is 40.2 Å². The second-order valence-electron chi connectivity index (χ2n) is 11.1. The first kappa shape index (κ1) is 34.6. The molecule has 254 valence electrons. The number of nitrogens with zero attached hydrogens (tertiary/aromatic N) is 4. The van der Waals surface area contributed by atoms with E-state index in [1.165, 1.54) is 33.6 Å². The van der Waals surface area contributed by atoms with Crippen LogP contribution in [-0.4, -0.2) is 36.1 Å². The Labute approximate surface area is 289 Å². The highest BCUT2D eigenvalue weighted by atomic mass is 32.2. The lowest BCUT2D eigenvalue weighted by Gasteiger charge is -2.12. The predicted octanol–water partition coefficient (Wildman–Crippen LogP) is 9.14. The monoisotopic (exact) mass is 723 g/mol. The van der Waals surface area contributed by atoms with Crippen molar-refractivity contribution in [2.75, 3.05) is 0 Å². The standard InChI is InChI=1S/C19H12F3N3OS2.C16H11F3N2O/c20-19(21,22)14-4-2-1-3-12(14)9-25-10-13-7-11(5-6-15(13)24-25)8-16-17(27)23-18(26)28-16;17-16(18,19)14-4-2-1-3-12(14)8-21-9-13-7-11(10-22)5-6-15(13)20-21/h1-8,10H,9H2,(H,23,26,27);1-7,9-10H,8H2/b16-8-;. The van der Waals surface area contributed by atoms with E-state index in [1.807, 2.05) is 12.1 Å². The molecule has 0 saturated carbocycles. The minimum absolute atomic E-state index is 0.0130. The van der Waals surface area contributed by atoms with E-state index in [4.69, 9.17) is 12.2 Å². The summed E-state index contributed by atoms with van der Waals surface area (Å²) in [6, 6.07) is 21.3. The van der Waals surface area contributed by atoms with E-state index in [0.29, 0.717) is 31.9 Å². The zero-order valence-corrected chi connectivity index (χ0v) is 27.1. The Morgan fingerprint density at radius 3 is 1.66 bits per heavy atom. The van der Waals surface area contributed by atoms with Crippen LogP contribution in [0.5, 0.6) is 0 Å². The van der Waals surface area contributed by atoms with Gasteiger partial charge in [0.15, 0.2) is 0 Å². The van der Waals surface area contributed by atoms with Gasteiger partial charge >= 0.3 is 12.4 Å². The number of carbonyl (C=O) groups excluding carboxylic acids is 2. The zero-order valence-electron chi connectivity index (χ0n) is 25.5. The normalized spacial score (nSPS) is 14.2. The number of thioether (sulfide) groups is 1. The van der Waals surface area contributed by atoms with Crippen molar-refractivity contribution in [2.45, 2.75) is 25.4 Å². The summed E-state index contributed by atoms with van der Waals surface area (Å²) in [7, 11) is 0. The van der Waals surface area contributed by atoms with Crippen molar-refractivity contribution >= 4 is 68.4 Å². The molecule has 1 fully saturated rings. The number of thiocarbonyl (C=S) groups is 1. The Hall–Kier alpha value is -5.28. The molecule has 1 amide bonds. The predicted molar refractivity (Wildman–Crippen MR) is 183 cm³/mol. The lowest BCUT2D eigenvalue weighted by molar-refractivity contribution is -0.139. The lowest BCUT2D eigenvalue weighted by atomic mass is 10.1. The average Bonchev–Trinajstić information content (AvgIpc) is 3.75. The molecule has 6 aromatic rings. The molecular formula is C35H23F6N5O2S2. The summed E-state index contributed by atoms with van der Waals surface area (Å²) in [6.07, 6.45) is -2.96. The molecule has 0 bridgehead atoms. The first-order valence-corrected chi connectivity index (χ1v) is 15.9. The van der Waals surface area contributed by atoms with Crippen molar-refractivity contribution in [2.24, 2.45) is 0 Å². The average molecular weight is 724 g/mol. The molecule has 0 aliphatic carbocycles. The molecule has 2 aromatic heterocycles. The summed E-state index contributed by atoms with van der Waals surface area (Å²) in [6.45, 7) is 0.0277. The highest BCUT2D eigenvalue weighted by Gasteiger charge is 2.34. The van der Waals surface area contributed by atoms with Gasteiger partial charge in [0.1, 0.15) is 11.3 Å². The Morgan fingerprint density at radius 2 is 1.20 bits per heavy atom. The van der Waals surface area contributed by atoms with Crippen LogP contribution in [0.25, 0.3) is 27.9 Å². The van der Waals surface area contributed by atoms with E-state index < -0.39 is 23.5 Å². The highest BCUT2D eigenvalue weighted by Crippen LogP contribution is 2.34. The fourth-order valence-electron chi connectivity index (χ4n) is 5.31. The lowest BCUT2D eigenvalue weighted by Crippen LogP contribution is -2.15. The van der Waals surface area contributed by atoms with E-state index in [1.54, 1.807) is 54.9 Å². The van der Waals surface area contributed by atoms with Gasteiger partial charge in [-0.05, 0) is 77.0 Å². The maximum absolute atomic E-state index is 13.2. The fourth-order valence-corrected chi connectivity index (χ4v) is 6.34. The van der Waals surface area contributed by atoms with Crippen molar-refractivity contribution < 1.29 is 35.9 Å². The van der Waals surface area contributed by atoms with Crippen LogP contribution in [0.1, 0.15) is 38.2 Å². The number of benzene rings is 4. The topological polar surface area (TPSA) is 81.8 Å². The third-order valence-corrected chi connectivity index (χ3v) is 8.82. The summed E-state index contributed by atoms with van der Waals surface area (Å²) in [5.41, 5.74) is 1.61. The summed E-state index contributed by atoms with van der Waals surface area (Å²) in [4.78, 5) is 23.2. The molecule has 15 heteroatoms. The largest absolute Gasteiger partial charge is 0.416 e. The van der Waals surface area contributed by atoms with Crippen molar-refractivity contribution in [1.82, 2.24) is 24.9 Å². The number of carbonyl (C=O) groups is 2. The smallest absolute Gasteiger partial charge is 0.307 e. The number of hydrogen-bond donors (Lipinski definition) is 1. The molecule has 3 heterocycles. The summed E-state index contributed by atoms with van der Waals surface area (Å²) in [5, 5.41) is 12.4. The maximum Gasteiger partial charge on any atom is 0.416 e. The van der Waals surface area contributed by atoms with Crippen molar-refractivity contribution in [3.8, 4) is 0 Å². The molecule has 1 aliphatic rings. The number of halogens is 6. The van der Waals surface area contributed by atoms with Gasteiger partial charge in [0.25, 0.3) is 5.24 Å². The first-order chi connectivity index (χ1) is 23.8. The number of aromatic nitrogens is 4. The van der Waals surface area contributed by atoms with E-state index in [-0.39, 0.29) is 29.5 Å². The molecule has 7 rings (SSSR count). The van der Waals surface area contributed by atoms with Crippen LogP contribution in [0.3, 0.4) is 0 Å². The number of nitrogens with one attached hydrogen (secondary N) is 1. The van der Waals surface area contributed by atoms with Crippen LogP contribution >= 0.6 is 24.0 Å². The third-order valence-electron chi connectivity index (χ3n) is 7.54. The molecule has 7 nitrogen and oxygen atoms in total. The summed E-state index contributed by atoms with van der Waals surface area (Å²) in [5.74, 6) is 0. The fraction of sp³-hybridized carbons (Fsp3) is 0.114. The number of aldehydes is 1. The summed E-state index contributed by atoms with van der Waals surface area (Å²) >= 11 is 6.13. The quantitative estimate of drug-likeness (QED) is 0.0800. The third kappa shape index (κ3) is 7.95. The second-order valence-corrected chi connectivity index (χ2v) is 12.5. The maximum atomic E-state index is 13.2. The van der Waals surface area contributed by atoms with E-state index in [9.17, 15) is 35.9 Å². The van der Waals surface area contributed by atoms with Gasteiger partial charge < -0.3 is 5.32 Å². The minimum atomic E-state index is -4.41. The molecular weight excluding hydrogens is 701 g/mol. The van der Waals surface area contributed by atoms with Crippen molar-refractivity contribution in [3.63, 3.8) is 0 Å². The van der Waals surface area contributed by atoms with Gasteiger partial charge in [-0.25, -0.2) is 0 Å². The van der Waals surface area contributed by atoms with Gasteiger partial charge in [-0.2, -0.15) is 36.5 Å². The van der Waals surface area contributed by atoms with Gasteiger partial charge in [-0.15, -0.1) is 0 Å². The molecule has 0 spiro atoms. The highest BCUT2D eigenvalue weighted by molar-refractivity contribution is 8.19. The van der Waals surface area contributed by atoms with Crippen LogP contribution in [-0.2, 0) is 25.4 Å². The Kier molecular flexibility index (Phi) is 9.62. The minimum Gasteiger partial charge on any atom is -0.307 e. The van der Waals surface area contributed by atoms with Crippen LogP contribution in [0, 0.1) is 0 Å². The Morgan fingerprint density at radius 1 is 0.720 bits per heavy atom. The molecule has 0 radical (unpaired) electrons. The molecule has 0 unspecified atom stereocenters. The number of fused-ring (bicyclic) bond motifs is 2. The zero-order chi connectivity index (χ0) is 35.6. The number of hydrogen-bond acceptors (Lipinski definition) is 6. The number of amides is 1. The molecule has 1 aliphatic heterocycles. The molecule has 0 atom stereocenters. The molecule has 4 aromatic carbocycles. The van der Waals surface area contributed by atoms with E-state index in [0.717, 1.165) is 41.1 Å². The summed E-state index contributed by atoms with van der Waals surface area (Å²) < 4.78 is 81.4. The molecule has 1 saturated heterocycles. The van der Waals surface area contributed by atoms with Crippen molar-refractivity contribution in [1.29, 1.82) is 0 Å². The SMILES string of the molecule is O=C1NC(=S)/C(=C/c2ccc3nn(Cc4ccccc4C(F)(F)F)cc3c2)S1.O=Cc1ccc2nn(Cc3ccccc3C(F)(F)F)cc2c1. The molecule has 50 heavy (non-hydrogen) atoms. The first-order valence-electron chi connectivity index (χ1n) is 14.7. The van der Waals surface area contributed by atoms with Gasteiger partial charge in [0, 0.05) is 28.7 Å². The van der Waals surface area contributed by atoms with E-state index >= 15 is 0 Å². The van der Waals surface area contributed by atoms with E-state index in [2.05, 4.69) is 15.5 Å². The van der Waals surface area contributed by atoms with Gasteiger partial charge in [-0.1, -0.05) is 54.7 Å². The second kappa shape index (κ2) is 13.9. The van der Waals surface area contributed by atoms with Crippen LogP contribution in [0.2, 0.25) is 0 Å².